The Hall–Kier alpha value is -0.940. The van der Waals surface area contributed by atoms with Crippen LogP contribution in [-0.2, 0) is 15.6 Å². The van der Waals surface area contributed by atoms with E-state index in [1.807, 2.05) is 0 Å². The van der Waals surface area contributed by atoms with Crippen LogP contribution in [0.15, 0.2) is 24.3 Å². The number of hydrogen-bond acceptors (Lipinski definition) is 3. The molecule has 5 heteroatoms. The number of rotatable bonds is 4. The fourth-order valence-electron chi connectivity index (χ4n) is 1.31. The summed E-state index contributed by atoms with van der Waals surface area (Å²) in [6, 6.07) is 5.42. The van der Waals surface area contributed by atoms with Crippen molar-refractivity contribution in [3.05, 3.63) is 35.6 Å². The molecule has 0 amide bonds. The maximum Gasteiger partial charge on any atom is 0.156 e. The molecule has 0 heterocycles. The molecule has 0 fully saturated rings. The first-order chi connectivity index (χ1) is 6.91. The van der Waals surface area contributed by atoms with Crippen molar-refractivity contribution in [2.45, 2.75) is 18.7 Å². The molecular weight excluding hydrogens is 217 g/mol. The van der Waals surface area contributed by atoms with E-state index >= 15 is 0 Å². The molecule has 84 valence electrons. The zero-order valence-electron chi connectivity index (χ0n) is 8.48. The second-order valence-corrected chi connectivity index (χ2v) is 5.73. The van der Waals surface area contributed by atoms with E-state index in [-0.39, 0.29) is 17.1 Å². The van der Waals surface area contributed by atoms with Gasteiger partial charge in [0.05, 0.1) is 11.5 Å². The van der Waals surface area contributed by atoms with E-state index < -0.39 is 21.7 Å². The zero-order valence-corrected chi connectivity index (χ0v) is 9.30. The molecule has 0 aliphatic rings. The zero-order chi connectivity index (χ0) is 11.5. The summed E-state index contributed by atoms with van der Waals surface area (Å²) in [7, 11) is -3.32. The Morgan fingerprint density at radius 3 is 2.53 bits per heavy atom. The molecule has 0 saturated carbocycles. The monoisotopic (exact) mass is 231 g/mol. The maximum absolute atomic E-state index is 13.2. The van der Waals surface area contributed by atoms with Crippen LogP contribution in [-0.4, -0.2) is 20.2 Å². The first-order valence-electron chi connectivity index (χ1n) is 4.60. The lowest BCUT2D eigenvalue weighted by molar-refractivity contribution is 0.582. The minimum absolute atomic E-state index is 0.124. The van der Waals surface area contributed by atoms with E-state index in [9.17, 15) is 12.8 Å². The van der Waals surface area contributed by atoms with Gasteiger partial charge in [-0.25, -0.2) is 12.8 Å². The Morgan fingerprint density at radius 1 is 1.40 bits per heavy atom. The number of sulfone groups is 1. The van der Waals surface area contributed by atoms with Crippen LogP contribution in [0.3, 0.4) is 0 Å². The topological polar surface area (TPSA) is 60.2 Å². The van der Waals surface area contributed by atoms with Gasteiger partial charge in [0, 0.05) is 11.6 Å². The molecule has 1 unspecified atom stereocenters. The highest BCUT2D eigenvalue weighted by Crippen LogP contribution is 2.11. The summed E-state index contributed by atoms with van der Waals surface area (Å²) in [4.78, 5) is 0. The molecule has 2 N–H and O–H groups in total. The van der Waals surface area contributed by atoms with Crippen molar-refractivity contribution in [1.82, 2.24) is 0 Å². The van der Waals surface area contributed by atoms with E-state index in [2.05, 4.69) is 0 Å². The van der Waals surface area contributed by atoms with Crippen LogP contribution in [0.2, 0.25) is 0 Å². The van der Waals surface area contributed by atoms with Gasteiger partial charge in [-0.15, -0.1) is 0 Å². The Labute approximate surface area is 89.0 Å². The number of halogens is 1. The molecule has 0 bridgehead atoms. The molecule has 1 aromatic carbocycles. The van der Waals surface area contributed by atoms with Gasteiger partial charge in [-0.3, -0.25) is 0 Å². The lowest BCUT2D eigenvalue weighted by Gasteiger charge is -2.07. The fraction of sp³-hybridized carbons (Fsp3) is 0.400. The third kappa shape index (κ3) is 3.97. The van der Waals surface area contributed by atoms with E-state index in [0.29, 0.717) is 0 Å². The standard InChI is InChI=1S/C10H14FNO2S/c1-8(12)6-15(13,14)7-9-4-2-3-5-10(9)11/h2-5,8H,6-7,12H2,1H3. The van der Waals surface area contributed by atoms with Crippen molar-refractivity contribution < 1.29 is 12.8 Å². The summed E-state index contributed by atoms with van der Waals surface area (Å²) >= 11 is 0. The molecule has 1 rings (SSSR count). The Bertz CT molecular complexity index is 429. The quantitative estimate of drug-likeness (QED) is 0.843. The van der Waals surface area contributed by atoms with Crippen LogP contribution >= 0.6 is 0 Å². The normalized spacial score (nSPS) is 13.8. The van der Waals surface area contributed by atoms with Crippen LogP contribution in [0, 0.1) is 5.82 Å². The van der Waals surface area contributed by atoms with Gasteiger partial charge >= 0.3 is 0 Å². The van der Waals surface area contributed by atoms with Gasteiger partial charge in [0.25, 0.3) is 0 Å². The van der Waals surface area contributed by atoms with Crippen LogP contribution in [0.1, 0.15) is 12.5 Å². The fourth-order valence-corrected chi connectivity index (χ4v) is 2.94. The molecular formula is C10H14FNO2S. The van der Waals surface area contributed by atoms with Crippen LogP contribution in [0.5, 0.6) is 0 Å². The number of hydrogen-bond donors (Lipinski definition) is 1. The summed E-state index contributed by atoms with van der Waals surface area (Å²) in [5.41, 5.74) is 5.59. The number of nitrogens with two attached hydrogens (primary N) is 1. The molecule has 3 nitrogen and oxygen atoms in total. The highest BCUT2D eigenvalue weighted by molar-refractivity contribution is 7.90. The van der Waals surface area contributed by atoms with Gasteiger partial charge in [-0.05, 0) is 13.0 Å². The highest BCUT2D eigenvalue weighted by Gasteiger charge is 2.16. The average Bonchev–Trinajstić information content (AvgIpc) is 2.06. The molecule has 0 radical (unpaired) electrons. The molecule has 15 heavy (non-hydrogen) atoms. The minimum atomic E-state index is -3.32. The van der Waals surface area contributed by atoms with Crippen molar-refractivity contribution in [1.29, 1.82) is 0 Å². The third-order valence-corrected chi connectivity index (χ3v) is 3.63. The SMILES string of the molecule is CC(N)CS(=O)(=O)Cc1ccccc1F. The summed E-state index contributed by atoms with van der Waals surface area (Å²) in [5, 5.41) is 0. The highest BCUT2D eigenvalue weighted by atomic mass is 32.2. The van der Waals surface area contributed by atoms with Gasteiger partial charge in [-0.2, -0.15) is 0 Å². The summed E-state index contributed by atoms with van der Waals surface area (Å²) in [6.07, 6.45) is 0. The predicted octanol–water partition coefficient (Wildman–Crippen LogP) is 1.09. The Balaban J connectivity index is 2.83. The summed E-state index contributed by atoms with van der Waals surface area (Å²) in [6.45, 7) is 1.61. The molecule has 1 atom stereocenters. The van der Waals surface area contributed by atoms with Crippen molar-refractivity contribution in [2.75, 3.05) is 5.75 Å². The van der Waals surface area contributed by atoms with E-state index in [1.54, 1.807) is 13.0 Å². The Morgan fingerprint density at radius 2 is 2.00 bits per heavy atom. The second-order valence-electron chi connectivity index (χ2n) is 3.62. The van der Waals surface area contributed by atoms with Crippen molar-refractivity contribution >= 4 is 9.84 Å². The number of benzene rings is 1. The first-order valence-corrected chi connectivity index (χ1v) is 6.42. The predicted molar refractivity (Wildman–Crippen MR) is 57.5 cm³/mol. The lowest BCUT2D eigenvalue weighted by atomic mass is 10.2. The molecule has 0 saturated heterocycles. The van der Waals surface area contributed by atoms with Crippen molar-refractivity contribution in [2.24, 2.45) is 5.73 Å². The van der Waals surface area contributed by atoms with Crippen LogP contribution < -0.4 is 5.73 Å². The van der Waals surface area contributed by atoms with E-state index in [1.165, 1.54) is 18.2 Å². The van der Waals surface area contributed by atoms with Gasteiger partial charge in [0.15, 0.2) is 9.84 Å². The van der Waals surface area contributed by atoms with E-state index in [0.717, 1.165) is 0 Å². The summed E-state index contributed by atoms with van der Waals surface area (Å²) in [5.74, 6) is -0.909. The van der Waals surface area contributed by atoms with Gasteiger partial charge < -0.3 is 5.73 Å². The van der Waals surface area contributed by atoms with Gasteiger partial charge in [0.2, 0.25) is 0 Å². The molecule has 1 aromatic rings. The molecule has 0 spiro atoms. The second kappa shape index (κ2) is 4.72. The van der Waals surface area contributed by atoms with Gasteiger partial charge in [0.1, 0.15) is 5.82 Å². The molecule has 0 aliphatic carbocycles. The van der Waals surface area contributed by atoms with Crippen molar-refractivity contribution in [3.8, 4) is 0 Å². The molecule has 0 aliphatic heterocycles. The van der Waals surface area contributed by atoms with Crippen LogP contribution in [0.4, 0.5) is 4.39 Å². The Kier molecular flexibility index (Phi) is 3.82. The smallest absolute Gasteiger partial charge is 0.156 e. The summed E-state index contributed by atoms with van der Waals surface area (Å²) < 4.78 is 36.2. The average molecular weight is 231 g/mol. The lowest BCUT2D eigenvalue weighted by Crippen LogP contribution is -2.27. The van der Waals surface area contributed by atoms with Crippen LogP contribution in [0.25, 0.3) is 0 Å². The molecule has 0 aromatic heterocycles. The first kappa shape index (κ1) is 12.1. The van der Waals surface area contributed by atoms with Crippen molar-refractivity contribution in [3.63, 3.8) is 0 Å². The minimum Gasteiger partial charge on any atom is -0.327 e. The van der Waals surface area contributed by atoms with E-state index in [4.69, 9.17) is 5.73 Å². The largest absolute Gasteiger partial charge is 0.327 e. The third-order valence-electron chi connectivity index (χ3n) is 1.85. The van der Waals surface area contributed by atoms with Gasteiger partial charge in [-0.1, -0.05) is 18.2 Å². The maximum atomic E-state index is 13.2.